The number of nitrogens with zero attached hydrogens (tertiary/aromatic N) is 1. The Kier molecular flexibility index (Phi) is 3.55. The summed E-state index contributed by atoms with van der Waals surface area (Å²) in [6, 6.07) is 5.23. The second-order valence-electron chi connectivity index (χ2n) is 3.31. The molecule has 0 saturated carbocycles. The van der Waals surface area contributed by atoms with Crippen LogP contribution >= 0.6 is 0 Å². The maximum Gasteiger partial charge on any atom is 0.250 e. The largest absolute Gasteiger partial charge is 0.399 e. The van der Waals surface area contributed by atoms with Crippen molar-refractivity contribution >= 4 is 17.3 Å². The Hall–Kier alpha value is -1.71. The van der Waals surface area contributed by atoms with Crippen LogP contribution in [-0.2, 0) is 0 Å². The zero-order chi connectivity index (χ0) is 11.4. The molecule has 0 fully saturated rings. The predicted molar refractivity (Wildman–Crippen MR) is 62.9 cm³/mol. The SMILES string of the molecule is CCN(CC)c1ccc(N)cc1C(N)=O. The molecule has 0 heterocycles. The Balaban J connectivity index is 3.21. The summed E-state index contributed by atoms with van der Waals surface area (Å²) in [7, 11) is 0. The van der Waals surface area contributed by atoms with Crippen LogP contribution < -0.4 is 16.4 Å². The third kappa shape index (κ3) is 2.40. The molecule has 1 amide bonds. The van der Waals surface area contributed by atoms with Crippen molar-refractivity contribution in [2.24, 2.45) is 5.73 Å². The van der Waals surface area contributed by atoms with E-state index in [-0.39, 0.29) is 0 Å². The van der Waals surface area contributed by atoms with Gasteiger partial charge in [0.05, 0.1) is 5.56 Å². The van der Waals surface area contributed by atoms with Gasteiger partial charge in [0.2, 0.25) is 0 Å². The maximum atomic E-state index is 11.3. The third-order valence-corrected chi connectivity index (χ3v) is 2.39. The topological polar surface area (TPSA) is 72.3 Å². The highest BCUT2D eigenvalue weighted by molar-refractivity contribution is 5.99. The number of rotatable bonds is 4. The summed E-state index contributed by atoms with van der Waals surface area (Å²) in [5.41, 5.74) is 12.8. The first-order valence-corrected chi connectivity index (χ1v) is 5.04. The molecule has 0 spiro atoms. The number of carbonyl (C=O) groups excluding carboxylic acids is 1. The normalized spacial score (nSPS) is 10.0. The third-order valence-electron chi connectivity index (χ3n) is 2.39. The fraction of sp³-hybridized carbons (Fsp3) is 0.364. The van der Waals surface area contributed by atoms with Gasteiger partial charge in [-0.15, -0.1) is 0 Å². The zero-order valence-corrected chi connectivity index (χ0v) is 9.16. The molecular formula is C11H17N3O. The van der Waals surface area contributed by atoms with Crippen LogP contribution in [0.25, 0.3) is 0 Å². The lowest BCUT2D eigenvalue weighted by Gasteiger charge is -2.23. The van der Waals surface area contributed by atoms with E-state index in [1.165, 1.54) is 0 Å². The fourth-order valence-corrected chi connectivity index (χ4v) is 1.59. The Labute approximate surface area is 89.9 Å². The lowest BCUT2D eigenvalue weighted by Crippen LogP contribution is -2.25. The van der Waals surface area contributed by atoms with Crippen molar-refractivity contribution in [3.8, 4) is 0 Å². The number of benzene rings is 1. The highest BCUT2D eigenvalue weighted by Gasteiger charge is 2.12. The first kappa shape index (κ1) is 11.4. The van der Waals surface area contributed by atoms with E-state index < -0.39 is 5.91 Å². The van der Waals surface area contributed by atoms with Gasteiger partial charge in [0, 0.05) is 24.5 Å². The maximum absolute atomic E-state index is 11.3. The molecule has 0 radical (unpaired) electrons. The molecular weight excluding hydrogens is 190 g/mol. The lowest BCUT2D eigenvalue weighted by molar-refractivity contribution is 0.100. The van der Waals surface area contributed by atoms with E-state index in [0.717, 1.165) is 18.8 Å². The van der Waals surface area contributed by atoms with E-state index in [0.29, 0.717) is 11.3 Å². The van der Waals surface area contributed by atoms with Gasteiger partial charge in [0.1, 0.15) is 0 Å². The zero-order valence-electron chi connectivity index (χ0n) is 9.16. The minimum absolute atomic E-state index is 0.441. The summed E-state index contributed by atoms with van der Waals surface area (Å²) in [6.45, 7) is 5.73. The van der Waals surface area contributed by atoms with Gasteiger partial charge in [-0.05, 0) is 32.0 Å². The number of nitrogen functional groups attached to an aromatic ring is 1. The smallest absolute Gasteiger partial charge is 0.250 e. The Morgan fingerprint density at radius 3 is 2.40 bits per heavy atom. The number of primary amides is 1. The molecule has 0 aliphatic rings. The average molecular weight is 207 g/mol. The molecule has 15 heavy (non-hydrogen) atoms. The number of hydrogen-bond acceptors (Lipinski definition) is 3. The first-order chi connectivity index (χ1) is 7.10. The predicted octanol–water partition coefficient (Wildman–Crippen LogP) is 1.21. The Bertz CT molecular complexity index is 359. The van der Waals surface area contributed by atoms with Crippen LogP contribution in [0.3, 0.4) is 0 Å². The van der Waals surface area contributed by atoms with Gasteiger partial charge in [0.25, 0.3) is 5.91 Å². The molecule has 4 nitrogen and oxygen atoms in total. The Morgan fingerprint density at radius 1 is 1.33 bits per heavy atom. The molecule has 0 unspecified atom stereocenters. The van der Waals surface area contributed by atoms with E-state index in [1.807, 2.05) is 19.9 Å². The van der Waals surface area contributed by atoms with E-state index in [2.05, 4.69) is 4.90 Å². The summed E-state index contributed by atoms with van der Waals surface area (Å²) in [6.07, 6.45) is 0. The van der Waals surface area contributed by atoms with Gasteiger partial charge < -0.3 is 16.4 Å². The number of amides is 1. The molecule has 82 valence electrons. The minimum atomic E-state index is -0.441. The summed E-state index contributed by atoms with van der Waals surface area (Å²) in [5.74, 6) is -0.441. The van der Waals surface area contributed by atoms with E-state index >= 15 is 0 Å². The van der Waals surface area contributed by atoms with Crippen LogP contribution in [-0.4, -0.2) is 19.0 Å². The summed E-state index contributed by atoms with van der Waals surface area (Å²) in [5, 5.41) is 0. The van der Waals surface area contributed by atoms with Crippen LogP contribution in [0.2, 0.25) is 0 Å². The van der Waals surface area contributed by atoms with Gasteiger partial charge in [-0.1, -0.05) is 0 Å². The number of nitrogens with two attached hydrogens (primary N) is 2. The van der Waals surface area contributed by atoms with Crippen molar-refractivity contribution in [1.29, 1.82) is 0 Å². The second-order valence-corrected chi connectivity index (χ2v) is 3.31. The highest BCUT2D eigenvalue weighted by Crippen LogP contribution is 2.22. The van der Waals surface area contributed by atoms with Gasteiger partial charge in [-0.2, -0.15) is 0 Å². The van der Waals surface area contributed by atoms with Gasteiger partial charge in [0.15, 0.2) is 0 Å². The van der Waals surface area contributed by atoms with Gasteiger partial charge in [-0.3, -0.25) is 4.79 Å². The highest BCUT2D eigenvalue weighted by atomic mass is 16.1. The Morgan fingerprint density at radius 2 is 1.93 bits per heavy atom. The minimum Gasteiger partial charge on any atom is -0.399 e. The van der Waals surface area contributed by atoms with Crippen LogP contribution in [0.15, 0.2) is 18.2 Å². The monoisotopic (exact) mass is 207 g/mol. The molecule has 1 aromatic carbocycles. The molecule has 0 saturated heterocycles. The van der Waals surface area contributed by atoms with E-state index in [1.54, 1.807) is 12.1 Å². The molecule has 0 atom stereocenters. The van der Waals surface area contributed by atoms with Gasteiger partial charge in [-0.25, -0.2) is 0 Å². The van der Waals surface area contributed by atoms with Crippen molar-refractivity contribution in [3.05, 3.63) is 23.8 Å². The summed E-state index contributed by atoms with van der Waals surface area (Å²) < 4.78 is 0. The molecule has 0 aromatic heterocycles. The first-order valence-electron chi connectivity index (χ1n) is 5.04. The number of hydrogen-bond donors (Lipinski definition) is 2. The van der Waals surface area contributed by atoms with Crippen molar-refractivity contribution in [3.63, 3.8) is 0 Å². The van der Waals surface area contributed by atoms with Crippen LogP contribution in [0.5, 0.6) is 0 Å². The fourth-order valence-electron chi connectivity index (χ4n) is 1.59. The van der Waals surface area contributed by atoms with Crippen LogP contribution in [0.1, 0.15) is 24.2 Å². The number of anilines is 2. The van der Waals surface area contributed by atoms with Crippen LogP contribution in [0.4, 0.5) is 11.4 Å². The molecule has 0 aliphatic heterocycles. The van der Waals surface area contributed by atoms with Crippen molar-refractivity contribution < 1.29 is 4.79 Å². The molecule has 1 rings (SSSR count). The number of carbonyl (C=O) groups is 1. The standard InChI is InChI=1S/C11H17N3O/c1-3-14(4-2)10-6-5-8(12)7-9(10)11(13)15/h5-7H,3-4,12H2,1-2H3,(H2,13,15). The molecule has 4 N–H and O–H groups in total. The van der Waals surface area contributed by atoms with Gasteiger partial charge >= 0.3 is 0 Å². The molecule has 1 aromatic rings. The summed E-state index contributed by atoms with van der Waals surface area (Å²) in [4.78, 5) is 13.3. The second kappa shape index (κ2) is 4.68. The molecule has 4 heteroatoms. The average Bonchev–Trinajstić information content (AvgIpc) is 2.21. The quantitative estimate of drug-likeness (QED) is 0.729. The van der Waals surface area contributed by atoms with Crippen LogP contribution in [0, 0.1) is 0 Å². The van der Waals surface area contributed by atoms with Crippen molar-refractivity contribution in [1.82, 2.24) is 0 Å². The van der Waals surface area contributed by atoms with Crippen molar-refractivity contribution in [2.45, 2.75) is 13.8 Å². The van der Waals surface area contributed by atoms with E-state index in [4.69, 9.17) is 11.5 Å². The summed E-state index contributed by atoms with van der Waals surface area (Å²) >= 11 is 0. The van der Waals surface area contributed by atoms with E-state index in [9.17, 15) is 4.79 Å². The van der Waals surface area contributed by atoms with Crippen molar-refractivity contribution in [2.75, 3.05) is 23.7 Å². The lowest BCUT2D eigenvalue weighted by atomic mass is 10.1. The molecule has 0 bridgehead atoms. The molecule has 0 aliphatic carbocycles.